The predicted molar refractivity (Wildman–Crippen MR) is 78.5 cm³/mol. The van der Waals surface area contributed by atoms with E-state index in [0.717, 1.165) is 12.1 Å². The van der Waals surface area contributed by atoms with Gasteiger partial charge < -0.3 is 10.8 Å². The van der Waals surface area contributed by atoms with Crippen molar-refractivity contribution in [3.05, 3.63) is 35.4 Å². The summed E-state index contributed by atoms with van der Waals surface area (Å²) in [6.07, 6.45) is -3.41. The van der Waals surface area contributed by atoms with Crippen LogP contribution in [0.5, 0.6) is 0 Å². The van der Waals surface area contributed by atoms with Gasteiger partial charge in [0.1, 0.15) is 0 Å². The number of carboxylic acids is 1. The highest BCUT2D eigenvalue weighted by atomic mass is 19.4. The molecule has 3 N–H and O–H groups in total. The van der Waals surface area contributed by atoms with Crippen molar-refractivity contribution in [2.75, 3.05) is 0 Å². The summed E-state index contributed by atoms with van der Waals surface area (Å²) >= 11 is 0. The summed E-state index contributed by atoms with van der Waals surface area (Å²) in [5.74, 6) is -1.11. The molecule has 1 rings (SSSR count). The second kappa shape index (κ2) is 6.69. The number of nitrogens with two attached hydrogens (primary N) is 1. The van der Waals surface area contributed by atoms with Crippen molar-refractivity contribution in [1.82, 2.24) is 0 Å². The lowest BCUT2D eigenvalue weighted by Crippen LogP contribution is -2.43. The van der Waals surface area contributed by atoms with E-state index in [9.17, 15) is 18.0 Å². The first kappa shape index (κ1) is 18.5. The van der Waals surface area contributed by atoms with E-state index in [1.165, 1.54) is 6.07 Å². The number of carbonyl (C=O) groups is 1. The van der Waals surface area contributed by atoms with E-state index in [1.807, 2.05) is 6.92 Å². The van der Waals surface area contributed by atoms with Crippen LogP contribution in [0.1, 0.15) is 50.7 Å². The monoisotopic (exact) mass is 317 g/mol. The van der Waals surface area contributed by atoms with Crippen LogP contribution < -0.4 is 5.73 Å². The Kier molecular flexibility index (Phi) is 5.62. The molecule has 0 aliphatic heterocycles. The van der Waals surface area contributed by atoms with Gasteiger partial charge in [-0.3, -0.25) is 4.79 Å². The summed E-state index contributed by atoms with van der Waals surface area (Å²) in [6.45, 7) is 4.92. The molecule has 0 aliphatic carbocycles. The molecule has 0 bridgehead atoms. The molecule has 0 saturated carbocycles. The molecule has 0 radical (unpaired) electrons. The Balaban J connectivity index is 2.74. The van der Waals surface area contributed by atoms with Gasteiger partial charge in [0.05, 0.1) is 11.0 Å². The van der Waals surface area contributed by atoms with Crippen LogP contribution in [0.25, 0.3) is 0 Å². The van der Waals surface area contributed by atoms with Crippen LogP contribution >= 0.6 is 0 Å². The maximum absolute atomic E-state index is 12.7. The lowest BCUT2D eigenvalue weighted by Gasteiger charge is -2.28. The van der Waals surface area contributed by atoms with E-state index in [-0.39, 0.29) is 5.92 Å². The normalized spacial score (nSPS) is 15.4. The Morgan fingerprint density at radius 3 is 2.36 bits per heavy atom. The van der Waals surface area contributed by atoms with Crippen LogP contribution in [0.15, 0.2) is 24.3 Å². The Morgan fingerprint density at radius 1 is 1.27 bits per heavy atom. The summed E-state index contributed by atoms with van der Waals surface area (Å²) < 4.78 is 38.1. The van der Waals surface area contributed by atoms with Crippen molar-refractivity contribution in [3.63, 3.8) is 0 Å². The minimum Gasteiger partial charge on any atom is -0.481 e. The maximum atomic E-state index is 12.7. The zero-order chi connectivity index (χ0) is 17.1. The second-order valence-electron chi connectivity index (χ2n) is 6.23. The summed E-state index contributed by atoms with van der Waals surface area (Å²) in [4.78, 5) is 11.1. The van der Waals surface area contributed by atoms with Crippen LogP contribution in [-0.2, 0) is 11.0 Å². The molecule has 6 heteroatoms. The number of hydrogen-bond donors (Lipinski definition) is 2. The summed E-state index contributed by atoms with van der Waals surface area (Å²) in [5, 5.41) is 9.11. The highest BCUT2D eigenvalue weighted by Crippen LogP contribution is 2.33. The predicted octanol–water partition coefficient (Wildman–Crippen LogP) is 4.03. The smallest absolute Gasteiger partial charge is 0.416 e. The molecule has 0 amide bonds. The van der Waals surface area contributed by atoms with E-state index in [4.69, 9.17) is 10.8 Å². The molecule has 2 atom stereocenters. The molecule has 0 fully saturated rings. The summed E-state index contributed by atoms with van der Waals surface area (Å²) in [5.41, 5.74) is 4.76. The number of hydrogen-bond acceptors (Lipinski definition) is 2. The molecule has 0 saturated heterocycles. The molecule has 1 aromatic carbocycles. The first-order valence-electron chi connectivity index (χ1n) is 7.12. The van der Waals surface area contributed by atoms with Crippen molar-refractivity contribution in [2.45, 2.75) is 51.7 Å². The molecular weight excluding hydrogens is 295 g/mol. The lowest BCUT2D eigenvalue weighted by atomic mass is 9.80. The third-order valence-corrected chi connectivity index (χ3v) is 4.17. The van der Waals surface area contributed by atoms with Gasteiger partial charge in [0.2, 0.25) is 0 Å². The first-order valence-corrected chi connectivity index (χ1v) is 7.12. The zero-order valence-electron chi connectivity index (χ0n) is 12.9. The molecule has 124 valence electrons. The minimum absolute atomic E-state index is 0.127. The van der Waals surface area contributed by atoms with Gasteiger partial charge in [-0.15, -0.1) is 0 Å². The van der Waals surface area contributed by atoms with Gasteiger partial charge in [0.25, 0.3) is 0 Å². The Morgan fingerprint density at radius 2 is 1.86 bits per heavy atom. The van der Waals surface area contributed by atoms with Crippen molar-refractivity contribution >= 4 is 5.97 Å². The second-order valence-corrected chi connectivity index (χ2v) is 6.23. The lowest BCUT2D eigenvalue weighted by molar-refractivity contribution is -0.148. The van der Waals surface area contributed by atoms with Crippen LogP contribution in [-0.4, -0.2) is 17.1 Å². The van der Waals surface area contributed by atoms with Gasteiger partial charge >= 0.3 is 12.1 Å². The first-order chi connectivity index (χ1) is 9.96. The van der Waals surface area contributed by atoms with Crippen molar-refractivity contribution in [2.24, 2.45) is 11.1 Å². The highest BCUT2D eigenvalue weighted by Gasteiger charge is 2.34. The van der Waals surface area contributed by atoms with Gasteiger partial charge in [0, 0.05) is 6.04 Å². The van der Waals surface area contributed by atoms with E-state index in [1.54, 1.807) is 19.9 Å². The fraction of sp³-hybridized carbons (Fsp3) is 0.562. The Labute approximate surface area is 128 Å². The molecule has 22 heavy (non-hydrogen) atoms. The van der Waals surface area contributed by atoms with E-state index >= 15 is 0 Å². The van der Waals surface area contributed by atoms with Gasteiger partial charge in [-0.1, -0.05) is 25.1 Å². The molecular formula is C16H22F3NO2. The third-order valence-electron chi connectivity index (χ3n) is 4.17. The summed E-state index contributed by atoms with van der Waals surface area (Å²) in [6, 6.07) is 4.65. The highest BCUT2D eigenvalue weighted by molar-refractivity contribution is 5.74. The molecule has 0 spiro atoms. The quantitative estimate of drug-likeness (QED) is 0.832. The molecule has 0 aliphatic rings. The fourth-order valence-corrected chi connectivity index (χ4v) is 2.14. The Bertz CT molecular complexity index is 526. The molecule has 0 heterocycles. The number of aliphatic carboxylic acids is 1. The molecule has 2 unspecified atom stereocenters. The van der Waals surface area contributed by atoms with E-state index < -0.39 is 29.2 Å². The van der Waals surface area contributed by atoms with Crippen LogP contribution in [0.2, 0.25) is 0 Å². The van der Waals surface area contributed by atoms with Gasteiger partial charge in [-0.2, -0.15) is 13.2 Å². The minimum atomic E-state index is -4.36. The van der Waals surface area contributed by atoms with E-state index in [2.05, 4.69) is 0 Å². The number of rotatable bonds is 6. The van der Waals surface area contributed by atoms with Crippen molar-refractivity contribution < 1.29 is 23.1 Å². The summed E-state index contributed by atoms with van der Waals surface area (Å²) in [7, 11) is 0. The number of alkyl halides is 3. The largest absolute Gasteiger partial charge is 0.481 e. The van der Waals surface area contributed by atoms with Gasteiger partial charge in [-0.25, -0.2) is 0 Å². The average molecular weight is 317 g/mol. The maximum Gasteiger partial charge on any atom is 0.416 e. The van der Waals surface area contributed by atoms with Crippen LogP contribution in [0.4, 0.5) is 13.2 Å². The fourth-order valence-electron chi connectivity index (χ4n) is 2.14. The van der Waals surface area contributed by atoms with Crippen molar-refractivity contribution in [3.8, 4) is 0 Å². The Hall–Kier alpha value is -1.56. The standard InChI is InChI=1S/C16H22F3NO2/c1-10(7-8-13(20)15(2,3)14(21)22)11-5-4-6-12(9-11)16(17,18)19/h4-6,9-10,13H,7-8,20H2,1-3H3,(H,21,22). The topological polar surface area (TPSA) is 63.3 Å². The van der Waals surface area contributed by atoms with Gasteiger partial charge in [-0.05, 0) is 44.2 Å². The third kappa shape index (κ3) is 4.47. The molecule has 0 aromatic heterocycles. The van der Waals surface area contributed by atoms with E-state index in [0.29, 0.717) is 18.4 Å². The molecule has 1 aromatic rings. The number of benzene rings is 1. The van der Waals surface area contributed by atoms with Gasteiger partial charge in [0.15, 0.2) is 0 Å². The number of halogens is 3. The average Bonchev–Trinajstić information content (AvgIpc) is 2.43. The van der Waals surface area contributed by atoms with Crippen LogP contribution in [0, 0.1) is 5.41 Å². The van der Waals surface area contributed by atoms with Crippen molar-refractivity contribution in [1.29, 1.82) is 0 Å². The van der Waals surface area contributed by atoms with Crippen LogP contribution in [0.3, 0.4) is 0 Å². The zero-order valence-corrected chi connectivity index (χ0v) is 12.9. The SMILES string of the molecule is CC(CCC(N)C(C)(C)C(=O)O)c1cccc(C(F)(F)F)c1. The molecule has 3 nitrogen and oxygen atoms in total. The number of carboxylic acid groups (broad SMARTS) is 1.